The SMILES string of the molecule is Cc1ccc(S(=O)(=O)Nc2ccc(NC(=O)CCC(=O)c3cccs3)cc2)cc1. The highest BCUT2D eigenvalue weighted by atomic mass is 32.2. The Morgan fingerprint density at radius 2 is 1.55 bits per heavy atom. The van der Waals surface area contributed by atoms with Crippen molar-refractivity contribution in [3.63, 3.8) is 0 Å². The van der Waals surface area contributed by atoms with E-state index in [1.807, 2.05) is 12.3 Å². The molecule has 0 saturated heterocycles. The van der Waals surface area contributed by atoms with Crippen LogP contribution in [0.3, 0.4) is 0 Å². The lowest BCUT2D eigenvalue weighted by molar-refractivity contribution is -0.116. The van der Waals surface area contributed by atoms with Crippen LogP contribution in [0.4, 0.5) is 11.4 Å². The van der Waals surface area contributed by atoms with Crippen molar-refractivity contribution < 1.29 is 18.0 Å². The number of Topliss-reactive ketones (excluding diaryl/α,β-unsaturated/α-hetero) is 1. The topological polar surface area (TPSA) is 92.3 Å². The van der Waals surface area contributed by atoms with Gasteiger partial charge in [-0.1, -0.05) is 23.8 Å². The van der Waals surface area contributed by atoms with Crippen LogP contribution in [0.2, 0.25) is 0 Å². The van der Waals surface area contributed by atoms with E-state index in [0.29, 0.717) is 16.3 Å². The third kappa shape index (κ3) is 5.75. The molecule has 0 radical (unpaired) electrons. The third-order valence-electron chi connectivity index (χ3n) is 4.13. The Labute approximate surface area is 173 Å². The molecule has 0 bridgehead atoms. The van der Waals surface area contributed by atoms with Crippen LogP contribution in [0.5, 0.6) is 0 Å². The summed E-state index contributed by atoms with van der Waals surface area (Å²) in [4.78, 5) is 24.8. The second-order valence-electron chi connectivity index (χ2n) is 6.44. The molecular formula is C21H20N2O4S2. The van der Waals surface area contributed by atoms with Crippen LogP contribution in [0.15, 0.2) is 70.9 Å². The molecule has 0 fully saturated rings. The van der Waals surface area contributed by atoms with E-state index in [2.05, 4.69) is 10.0 Å². The molecule has 1 aromatic heterocycles. The minimum atomic E-state index is -3.68. The first-order chi connectivity index (χ1) is 13.8. The largest absolute Gasteiger partial charge is 0.326 e. The number of benzene rings is 2. The number of aryl methyl sites for hydroxylation is 1. The molecule has 0 aliphatic carbocycles. The normalized spacial score (nSPS) is 11.1. The zero-order chi connectivity index (χ0) is 20.9. The first kappa shape index (κ1) is 20.8. The zero-order valence-electron chi connectivity index (χ0n) is 15.7. The first-order valence-corrected chi connectivity index (χ1v) is 11.3. The Morgan fingerprint density at radius 1 is 0.897 bits per heavy atom. The van der Waals surface area contributed by atoms with Gasteiger partial charge < -0.3 is 5.32 Å². The number of amides is 1. The van der Waals surface area contributed by atoms with E-state index in [1.54, 1.807) is 60.7 Å². The van der Waals surface area contributed by atoms with E-state index >= 15 is 0 Å². The molecule has 2 N–H and O–H groups in total. The molecule has 0 saturated carbocycles. The van der Waals surface area contributed by atoms with Gasteiger partial charge in [-0.15, -0.1) is 11.3 Å². The summed E-state index contributed by atoms with van der Waals surface area (Å²) in [6.45, 7) is 1.88. The number of sulfonamides is 1. The van der Waals surface area contributed by atoms with E-state index in [4.69, 9.17) is 0 Å². The van der Waals surface area contributed by atoms with Crippen molar-refractivity contribution in [3.05, 3.63) is 76.5 Å². The van der Waals surface area contributed by atoms with Gasteiger partial charge in [0.25, 0.3) is 10.0 Å². The van der Waals surface area contributed by atoms with Gasteiger partial charge in [0.15, 0.2) is 5.78 Å². The molecule has 0 aliphatic heterocycles. The van der Waals surface area contributed by atoms with Crippen molar-refractivity contribution in [1.82, 2.24) is 0 Å². The summed E-state index contributed by atoms with van der Waals surface area (Å²) < 4.78 is 27.3. The minimum Gasteiger partial charge on any atom is -0.326 e. The van der Waals surface area contributed by atoms with E-state index in [0.717, 1.165) is 5.56 Å². The lowest BCUT2D eigenvalue weighted by Crippen LogP contribution is -2.14. The fourth-order valence-corrected chi connectivity index (χ4v) is 4.32. The summed E-state index contributed by atoms with van der Waals surface area (Å²) in [6, 6.07) is 16.4. The maximum atomic E-state index is 12.4. The minimum absolute atomic E-state index is 0.0592. The first-order valence-electron chi connectivity index (χ1n) is 8.89. The summed E-state index contributed by atoms with van der Waals surface area (Å²) >= 11 is 1.35. The average Bonchev–Trinajstić information content (AvgIpc) is 3.23. The number of rotatable bonds is 8. The number of carbonyl (C=O) groups excluding carboxylic acids is 2. The fraction of sp³-hybridized carbons (Fsp3) is 0.143. The molecule has 1 heterocycles. The average molecular weight is 429 g/mol. The molecule has 3 rings (SSSR count). The number of anilines is 2. The number of hydrogen-bond acceptors (Lipinski definition) is 5. The number of nitrogens with one attached hydrogen (secondary N) is 2. The van der Waals surface area contributed by atoms with Gasteiger partial charge in [0, 0.05) is 24.2 Å². The highest BCUT2D eigenvalue weighted by molar-refractivity contribution is 7.92. The van der Waals surface area contributed by atoms with Crippen LogP contribution in [-0.4, -0.2) is 20.1 Å². The van der Waals surface area contributed by atoms with E-state index in [-0.39, 0.29) is 29.4 Å². The Bertz CT molecular complexity index is 1090. The van der Waals surface area contributed by atoms with Crippen molar-refractivity contribution in [2.75, 3.05) is 10.0 Å². The summed E-state index contributed by atoms with van der Waals surface area (Å²) in [6.07, 6.45) is 0.222. The van der Waals surface area contributed by atoms with Crippen LogP contribution < -0.4 is 10.0 Å². The molecule has 0 atom stereocenters. The molecule has 29 heavy (non-hydrogen) atoms. The summed E-state index contributed by atoms with van der Waals surface area (Å²) in [5.74, 6) is -0.334. The maximum absolute atomic E-state index is 12.4. The van der Waals surface area contributed by atoms with Crippen LogP contribution in [0.25, 0.3) is 0 Å². The van der Waals surface area contributed by atoms with Crippen LogP contribution in [0.1, 0.15) is 28.1 Å². The Morgan fingerprint density at radius 3 is 2.17 bits per heavy atom. The molecule has 0 aliphatic rings. The van der Waals surface area contributed by atoms with Gasteiger partial charge in [-0.25, -0.2) is 8.42 Å². The van der Waals surface area contributed by atoms with Gasteiger partial charge in [0.2, 0.25) is 5.91 Å². The molecule has 6 nitrogen and oxygen atoms in total. The van der Waals surface area contributed by atoms with E-state index < -0.39 is 10.0 Å². The van der Waals surface area contributed by atoms with Gasteiger partial charge in [-0.2, -0.15) is 0 Å². The molecule has 3 aromatic rings. The molecule has 8 heteroatoms. The smallest absolute Gasteiger partial charge is 0.261 e. The predicted molar refractivity (Wildman–Crippen MR) is 115 cm³/mol. The summed E-state index contributed by atoms with van der Waals surface area (Å²) in [5.41, 5.74) is 1.88. The fourth-order valence-electron chi connectivity index (χ4n) is 2.56. The lowest BCUT2D eigenvalue weighted by Gasteiger charge is -2.10. The van der Waals surface area contributed by atoms with Gasteiger partial charge >= 0.3 is 0 Å². The highest BCUT2D eigenvalue weighted by Crippen LogP contribution is 2.19. The van der Waals surface area contributed by atoms with Crippen LogP contribution in [0, 0.1) is 6.92 Å². The van der Waals surface area contributed by atoms with Crippen LogP contribution in [-0.2, 0) is 14.8 Å². The molecule has 0 spiro atoms. The number of carbonyl (C=O) groups is 2. The van der Waals surface area contributed by atoms with Crippen molar-refractivity contribution in [2.45, 2.75) is 24.7 Å². The van der Waals surface area contributed by atoms with Crippen LogP contribution >= 0.6 is 11.3 Å². The van der Waals surface area contributed by atoms with Gasteiger partial charge in [0.05, 0.1) is 9.77 Å². The predicted octanol–water partition coefficient (Wildman–Crippen LogP) is 4.46. The molecule has 2 aromatic carbocycles. The second-order valence-corrected chi connectivity index (χ2v) is 9.07. The molecule has 0 unspecified atom stereocenters. The second kappa shape index (κ2) is 9.02. The van der Waals surface area contributed by atoms with Crippen molar-refractivity contribution in [1.29, 1.82) is 0 Å². The molecule has 150 valence electrons. The molecular weight excluding hydrogens is 408 g/mol. The standard InChI is InChI=1S/C21H20N2O4S2/c1-15-4-10-18(11-5-15)29(26,27)23-17-8-6-16(7-9-17)22-21(25)13-12-19(24)20-3-2-14-28-20/h2-11,14,23H,12-13H2,1H3,(H,22,25). The Hall–Kier alpha value is -2.97. The van der Waals surface area contributed by atoms with Gasteiger partial charge in [-0.3, -0.25) is 14.3 Å². The highest BCUT2D eigenvalue weighted by Gasteiger charge is 2.14. The van der Waals surface area contributed by atoms with E-state index in [1.165, 1.54) is 11.3 Å². The van der Waals surface area contributed by atoms with Gasteiger partial charge in [0.1, 0.15) is 0 Å². The number of ketones is 1. The molecule has 1 amide bonds. The lowest BCUT2D eigenvalue weighted by atomic mass is 10.2. The maximum Gasteiger partial charge on any atom is 0.261 e. The third-order valence-corrected chi connectivity index (χ3v) is 6.44. The monoisotopic (exact) mass is 428 g/mol. The number of thiophene rings is 1. The zero-order valence-corrected chi connectivity index (χ0v) is 17.3. The van der Waals surface area contributed by atoms with Crippen molar-refractivity contribution in [2.24, 2.45) is 0 Å². The van der Waals surface area contributed by atoms with Crippen molar-refractivity contribution in [3.8, 4) is 0 Å². The van der Waals surface area contributed by atoms with E-state index in [9.17, 15) is 18.0 Å². The Kier molecular flexibility index (Phi) is 6.46. The number of hydrogen-bond donors (Lipinski definition) is 2. The summed E-state index contributed by atoms with van der Waals surface area (Å²) in [7, 11) is -3.68. The van der Waals surface area contributed by atoms with Crippen molar-refractivity contribution >= 4 is 44.4 Å². The quantitative estimate of drug-likeness (QED) is 0.518. The summed E-state index contributed by atoms with van der Waals surface area (Å²) in [5, 5.41) is 4.53. The Balaban J connectivity index is 1.55. The van der Waals surface area contributed by atoms with Gasteiger partial charge in [-0.05, 0) is 54.8 Å².